The van der Waals surface area contributed by atoms with Gasteiger partial charge in [-0.05, 0) is 36.8 Å². The van der Waals surface area contributed by atoms with Gasteiger partial charge in [0.1, 0.15) is 29.0 Å². The van der Waals surface area contributed by atoms with Crippen LogP contribution in [0.15, 0.2) is 84.2 Å². The van der Waals surface area contributed by atoms with Crippen molar-refractivity contribution in [3.8, 4) is 0 Å². The van der Waals surface area contributed by atoms with E-state index in [1.54, 1.807) is 4.90 Å². The number of benzene rings is 2. The fraction of sp³-hybridized carbons (Fsp3) is 0.292. The van der Waals surface area contributed by atoms with Gasteiger partial charge >= 0.3 is 6.18 Å². The van der Waals surface area contributed by atoms with E-state index < -0.39 is 20.0 Å². The first-order valence-electron chi connectivity index (χ1n) is 10.1. The first-order valence-corrected chi connectivity index (χ1v) is 12.0. The molecule has 2 aromatic rings. The van der Waals surface area contributed by atoms with Gasteiger partial charge in [-0.15, -0.1) is 0 Å². The fourth-order valence-corrected chi connectivity index (χ4v) is 9.98. The monoisotopic (exact) mass is 430 g/mol. The summed E-state index contributed by atoms with van der Waals surface area (Å²) in [5, 5.41) is 2.61. The van der Waals surface area contributed by atoms with Crippen LogP contribution in [0.5, 0.6) is 0 Å². The van der Waals surface area contributed by atoms with Gasteiger partial charge in [-0.25, -0.2) is 0 Å². The Morgan fingerprint density at radius 2 is 1.57 bits per heavy atom. The topological polar surface area (TPSA) is 20.3 Å². The molecule has 0 aromatic heterocycles. The number of hydrogen-bond donors (Lipinski definition) is 0. The van der Waals surface area contributed by atoms with Crippen molar-refractivity contribution in [3.63, 3.8) is 0 Å². The van der Waals surface area contributed by atoms with Crippen molar-refractivity contribution in [2.24, 2.45) is 0 Å². The molecule has 1 atom stereocenters. The number of nitrogens with zero attached hydrogens (tertiary/aromatic N) is 1. The van der Waals surface area contributed by atoms with Gasteiger partial charge in [0.05, 0.1) is 6.54 Å². The zero-order valence-corrected chi connectivity index (χ0v) is 17.4. The van der Waals surface area contributed by atoms with Crippen LogP contribution >= 0.6 is 7.26 Å². The molecule has 0 spiro atoms. The Labute approximate surface area is 175 Å². The molecule has 1 aliphatic carbocycles. The van der Waals surface area contributed by atoms with Crippen LogP contribution in [0.1, 0.15) is 19.3 Å². The lowest BCUT2D eigenvalue weighted by molar-refractivity contribution is -0.144. The average molecular weight is 430 g/mol. The van der Waals surface area contributed by atoms with Crippen molar-refractivity contribution < 1.29 is 18.0 Å². The Hall–Kier alpha value is -2.23. The number of alkyl halides is 3. The van der Waals surface area contributed by atoms with Crippen LogP contribution in [-0.2, 0) is 4.79 Å². The zero-order chi connectivity index (χ0) is 21.2. The Morgan fingerprint density at radius 3 is 2.10 bits per heavy atom. The highest BCUT2D eigenvalue weighted by Crippen LogP contribution is 2.70. The maximum Gasteiger partial charge on any atom is 0.401 e. The minimum Gasteiger partial charge on any atom is -0.290 e. The van der Waals surface area contributed by atoms with E-state index in [9.17, 15) is 18.0 Å². The minimum absolute atomic E-state index is 0.0115. The van der Waals surface area contributed by atoms with Crippen LogP contribution in [0.3, 0.4) is 0 Å². The van der Waals surface area contributed by atoms with E-state index in [-0.39, 0.29) is 11.6 Å². The highest BCUT2D eigenvalue weighted by atomic mass is 31.2. The Bertz CT molecular complexity index is 914. The first kappa shape index (κ1) is 21.0. The van der Waals surface area contributed by atoms with Crippen LogP contribution in [-0.4, -0.2) is 35.7 Å². The summed E-state index contributed by atoms with van der Waals surface area (Å²) in [6.07, 6.45) is 2.89. The van der Waals surface area contributed by atoms with Gasteiger partial charge in [0.25, 0.3) is 0 Å². The predicted molar refractivity (Wildman–Crippen MR) is 117 cm³/mol. The van der Waals surface area contributed by atoms with Crippen molar-refractivity contribution in [1.82, 2.24) is 4.90 Å². The molecular weight excluding hydrogens is 406 g/mol. The molecule has 1 unspecified atom stereocenters. The molecule has 156 valence electrons. The maximum atomic E-state index is 13.5. The lowest BCUT2D eigenvalue weighted by Gasteiger charge is -2.38. The maximum absolute atomic E-state index is 13.5. The molecule has 0 saturated carbocycles. The summed E-state index contributed by atoms with van der Waals surface area (Å²) in [7, 11) is -2.64. The molecule has 1 fully saturated rings. The van der Waals surface area contributed by atoms with E-state index in [4.69, 9.17) is 0 Å². The first-order chi connectivity index (χ1) is 14.4. The lowest BCUT2D eigenvalue weighted by Crippen LogP contribution is -2.45. The van der Waals surface area contributed by atoms with Crippen LogP contribution in [0, 0.1) is 0 Å². The van der Waals surface area contributed by atoms with E-state index in [1.165, 1.54) is 0 Å². The standard InChI is InChI=1S/C24H24F3NOP/c25-24(26,27)18-28-17-9-16-23(28)30(19-10-3-1-4-11-19,20-12-5-2-6-13-20)22-15-8-7-14-21(22)29/h1-8,10-13,15,23H,9,14,16-18H2/q+1. The SMILES string of the molecule is O=C1CC=CC=C1[P+](c1ccccc1)(c1ccccc1)C1CCCN1CC(F)(F)F. The van der Waals surface area contributed by atoms with Crippen LogP contribution in [0.2, 0.25) is 0 Å². The number of Topliss-reactive ketones (excluding diaryl/α,β-unsaturated/α-hetero) is 1. The second-order valence-corrected chi connectivity index (χ2v) is 11.3. The number of likely N-dealkylation sites (tertiary alicyclic amines) is 1. The molecule has 0 radical (unpaired) electrons. The lowest BCUT2D eigenvalue weighted by atomic mass is 10.2. The molecule has 0 bridgehead atoms. The molecule has 1 aliphatic heterocycles. The van der Waals surface area contributed by atoms with Crippen LogP contribution in [0.4, 0.5) is 13.2 Å². The highest BCUT2D eigenvalue weighted by molar-refractivity contribution is 7.94. The smallest absolute Gasteiger partial charge is 0.290 e. The molecule has 1 heterocycles. The molecule has 30 heavy (non-hydrogen) atoms. The molecule has 4 rings (SSSR count). The summed E-state index contributed by atoms with van der Waals surface area (Å²) >= 11 is 0. The third-order valence-electron chi connectivity index (χ3n) is 5.84. The number of carbonyl (C=O) groups is 1. The van der Waals surface area contributed by atoms with E-state index in [2.05, 4.69) is 0 Å². The minimum atomic E-state index is -4.28. The van der Waals surface area contributed by atoms with Gasteiger partial charge in [-0.2, -0.15) is 13.2 Å². The van der Waals surface area contributed by atoms with E-state index in [0.717, 1.165) is 10.6 Å². The zero-order valence-electron chi connectivity index (χ0n) is 16.6. The van der Waals surface area contributed by atoms with Crippen molar-refractivity contribution in [1.29, 1.82) is 0 Å². The van der Waals surface area contributed by atoms with Gasteiger partial charge in [0.2, 0.25) is 5.78 Å². The van der Waals surface area contributed by atoms with Crippen LogP contribution in [0.25, 0.3) is 0 Å². The van der Waals surface area contributed by atoms with Crippen molar-refractivity contribution >= 4 is 23.7 Å². The molecule has 6 heteroatoms. The largest absolute Gasteiger partial charge is 0.401 e. The summed E-state index contributed by atoms with van der Waals surface area (Å²) in [6.45, 7) is -0.556. The van der Waals surface area contributed by atoms with Crippen molar-refractivity contribution in [3.05, 3.63) is 84.2 Å². The second-order valence-electron chi connectivity index (χ2n) is 7.71. The number of carbonyl (C=O) groups excluding carboxylic acids is 1. The summed E-state index contributed by atoms with van der Waals surface area (Å²) in [5.41, 5.74) is 0. The fourth-order valence-electron chi connectivity index (χ4n) is 4.77. The molecule has 2 aliphatic rings. The molecule has 1 saturated heterocycles. The van der Waals surface area contributed by atoms with Crippen molar-refractivity contribution in [2.45, 2.75) is 31.2 Å². The van der Waals surface area contributed by atoms with Gasteiger partial charge in [-0.1, -0.05) is 48.6 Å². The van der Waals surface area contributed by atoms with Crippen LogP contribution < -0.4 is 10.6 Å². The van der Waals surface area contributed by atoms with Gasteiger partial charge in [0, 0.05) is 19.4 Å². The average Bonchev–Trinajstić information content (AvgIpc) is 3.18. The third-order valence-corrected chi connectivity index (χ3v) is 10.7. The number of allylic oxidation sites excluding steroid dienone is 4. The summed E-state index contributed by atoms with van der Waals surface area (Å²) in [4.78, 5) is 14.8. The number of halogens is 3. The van der Waals surface area contributed by atoms with Gasteiger partial charge in [0.15, 0.2) is 0 Å². The molecule has 0 amide bonds. The Kier molecular flexibility index (Phi) is 5.95. The van der Waals surface area contributed by atoms with E-state index in [1.807, 2.05) is 78.9 Å². The normalized spacial score (nSPS) is 20.4. The van der Waals surface area contributed by atoms with E-state index >= 15 is 0 Å². The number of rotatable bonds is 5. The molecular formula is C24H24F3NOP+. The predicted octanol–water partition coefficient (Wildman–Crippen LogP) is 5.05. The Morgan fingerprint density at radius 1 is 0.967 bits per heavy atom. The Balaban J connectivity index is 1.99. The van der Waals surface area contributed by atoms with Gasteiger partial charge in [-0.3, -0.25) is 9.69 Å². The third kappa shape index (κ3) is 3.89. The summed E-state index contributed by atoms with van der Waals surface area (Å²) < 4.78 is 40.4. The molecule has 0 N–H and O–H groups in total. The summed E-state index contributed by atoms with van der Waals surface area (Å²) in [6, 6.07) is 19.4. The quantitative estimate of drug-likeness (QED) is 0.619. The molecule has 2 nitrogen and oxygen atoms in total. The number of hydrogen-bond acceptors (Lipinski definition) is 2. The number of ketones is 1. The second kappa shape index (κ2) is 8.49. The van der Waals surface area contributed by atoms with Gasteiger partial charge < -0.3 is 0 Å². The molecule has 2 aromatic carbocycles. The van der Waals surface area contributed by atoms with E-state index in [0.29, 0.717) is 31.1 Å². The highest BCUT2D eigenvalue weighted by Gasteiger charge is 2.59. The summed E-state index contributed by atoms with van der Waals surface area (Å²) in [5.74, 6) is -0.344. The van der Waals surface area contributed by atoms with Crippen molar-refractivity contribution in [2.75, 3.05) is 13.1 Å².